The monoisotopic (exact) mass is 381 g/mol. The highest BCUT2D eigenvalue weighted by molar-refractivity contribution is 7.92. The van der Waals surface area contributed by atoms with E-state index >= 15 is 0 Å². The molecule has 2 aliphatic heterocycles. The van der Waals surface area contributed by atoms with Gasteiger partial charge in [-0.2, -0.15) is 13.2 Å². The van der Waals surface area contributed by atoms with Gasteiger partial charge in [0, 0.05) is 19.7 Å². The highest BCUT2D eigenvalue weighted by Gasteiger charge is 2.48. The molecule has 0 spiro atoms. The van der Waals surface area contributed by atoms with Gasteiger partial charge in [0.25, 0.3) is 9.84 Å². The second-order valence-corrected chi connectivity index (χ2v) is 8.35. The minimum atomic E-state index is -5.61. The Kier molecular flexibility index (Phi) is 4.98. The van der Waals surface area contributed by atoms with E-state index in [1.165, 1.54) is 0 Å². The molecule has 2 saturated heterocycles. The van der Waals surface area contributed by atoms with Crippen LogP contribution in [0.3, 0.4) is 0 Å². The van der Waals surface area contributed by atoms with Crippen molar-refractivity contribution in [1.29, 1.82) is 0 Å². The third kappa shape index (κ3) is 3.62. The normalized spacial score (nSPS) is 23.2. The van der Waals surface area contributed by atoms with Gasteiger partial charge >= 0.3 is 5.51 Å². The third-order valence-corrected chi connectivity index (χ3v) is 6.40. The molecule has 2 fully saturated rings. The summed E-state index contributed by atoms with van der Waals surface area (Å²) in [6.45, 7) is 1.56. The number of ether oxygens (including phenoxy) is 1. The molecule has 1 atom stereocenters. The van der Waals surface area contributed by atoms with Gasteiger partial charge in [0.15, 0.2) is 0 Å². The summed E-state index contributed by atoms with van der Waals surface area (Å²) >= 11 is 0. The Morgan fingerprint density at radius 3 is 2.36 bits per heavy atom. The standard InChI is InChI=1S/C16H19F4NO3S/c17-12-3-4-13(15(10-12)25(22,23)16(18,19)20)21-7-5-11(6-8-21)14-2-1-9-24-14/h3-4,10-11,14H,1-2,5-9H2. The van der Waals surface area contributed by atoms with Crippen molar-refractivity contribution in [1.82, 2.24) is 0 Å². The molecule has 3 rings (SSSR count). The number of sulfone groups is 1. The van der Waals surface area contributed by atoms with Crippen molar-refractivity contribution < 1.29 is 30.7 Å². The van der Waals surface area contributed by atoms with E-state index in [1.807, 2.05) is 0 Å². The lowest BCUT2D eigenvalue weighted by atomic mass is 9.89. The van der Waals surface area contributed by atoms with Gasteiger partial charge in [0.05, 0.1) is 11.8 Å². The molecule has 1 aromatic rings. The first-order chi connectivity index (χ1) is 11.7. The lowest BCUT2D eigenvalue weighted by Gasteiger charge is -2.36. The molecule has 2 heterocycles. The average Bonchev–Trinajstić information content (AvgIpc) is 3.08. The van der Waals surface area contributed by atoms with Crippen molar-refractivity contribution in [2.45, 2.75) is 42.2 Å². The highest BCUT2D eigenvalue weighted by Crippen LogP contribution is 2.38. The predicted octanol–water partition coefficient (Wildman–Crippen LogP) is 3.51. The van der Waals surface area contributed by atoms with Crippen molar-refractivity contribution in [3.63, 3.8) is 0 Å². The molecule has 1 unspecified atom stereocenters. The van der Waals surface area contributed by atoms with Gasteiger partial charge in [-0.25, -0.2) is 12.8 Å². The van der Waals surface area contributed by atoms with E-state index in [-0.39, 0.29) is 11.8 Å². The van der Waals surface area contributed by atoms with Gasteiger partial charge < -0.3 is 9.64 Å². The first-order valence-corrected chi connectivity index (χ1v) is 9.66. The van der Waals surface area contributed by atoms with E-state index in [2.05, 4.69) is 0 Å². The van der Waals surface area contributed by atoms with Crippen LogP contribution >= 0.6 is 0 Å². The molecular formula is C16H19F4NO3S. The summed E-state index contributed by atoms with van der Waals surface area (Å²) in [6.07, 6.45) is 3.57. The summed E-state index contributed by atoms with van der Waals surface area (Å²) < 4.78 is 81.5. The zero-order valence-electron chi connectivity index (χ0n) is 13.4. The Hall–Kier alpha value is -1.35. The van der Waals surface area contributed by atoms with Crippen LogP contribution in [0, 0.1) is 11.7 Å². The van der Waals surface area contributed by atoms with Crippen LogP contribution in [0.4, 0.5) is 23.2 Å². The van der Waals surface area contributed by atoms with Crippen LogP contribution in [0.1, 0.15) is 25.7 Å². The maximum atomic E-state index is 13.4. The Bertz CT molecular complexity index is 721. The zero-order chi connectivity index (χ0) is 18.2. The third-order valence-electron chi connectivity index (χ3n) is 4.89. The van der Waals surface area contributed by atoms with Crippen molar-refractivity contribution in [2.75, 3.05) is 24.6 Å². The van der Waals surface area contributed by atoms with Crippen LogP contribution in [-0.2, 0) is 14.6 Å². The quantitative estimate of drug-likeness (QED) is 0.752. The molecule has 0 bridgehead atoms. The molecule has 0 N–H and O–H groups in total. The number of nitrogens with zero attached hydrogens (tertiary/aromatic N) is 1. The molecule has 9 heteroatoms. The fourth-order valence-corrected chi connectivity index (χ4v) is 4.57. The number of halogens is 4. The summed E-state index contributed by atoms with van der Waals surface area (Å²) in [6, 6.07) is 2.54. The molecular weight excluding hydrogens is 362 g/mol. The molecule has 0 radical (unpaired) electrons. The van der Waals surface area contributed by atoms with E-state index in [4.69, 9.17) is 4.74 Å². The van der Waals surface area contributed by atoms with E-state index in [0.29, 0.717) is 37.9 Å². The lowest BCUT2D eigenvalue weighted by Crippen LogP contribution is -2.38. The Balaban J connectivity index is 1.84. The number of piperidine rings is 1. The second-order valence-electron chi connectivity index (χ2n) is 6.44. The van der Waals surface area contributed by atoms with Gasteiger partial charge in [-0.05, 0) is 49.8 Å². The summed E-state index contributed by atoms with van der Waals surface area (Å²) in [5, 5.41) is 0. The lowest BCUT2D eigenvalue weighted by molar-refractivity contribution is -0.0435. The first-order valence-electron chi connectivity index (χ1n) is 8.17. The minimum Gasteiger partial charge on any atom is -0.378 e. The maximum absolute atomic E-state index is 13.4. The Morgan fingerprint density at radius 1 is 1.12 bits per heavy atom. The molecule has 25 heavy (non-hydrogen) atoms. The first kappa shape index (κ1) is 18.4. The van der Waals surface area contributed by atoms with Crippen LogP contribution in [0.5, 0.6) is 0 Å². The summed E-state index contributed by atoms with van der Waals surface area (Å²) in [4.78, 5) is 0.569. The second kappa shape index (κ2) is 6.75. The van der Waals surface area contributed by atoms with E-state index in [9.17, 15) is 26.0 Å². The van der Waals surface area contributed by atoms with Crippen LogP contribution in [0.25, 0.3) is 0 Å². The minimum absolute atomic E-state index is 0.0930. The summed E-state index contributed by atoms with van der Waals surface area (Å²) in [5.41, 5.74) is -5.56. The number of anilines is 1. The fraction of sp³-hybridized carbons (Fsp3) is 0.625. The number of alkyl halides is 3. The van der Waals surface area contributed by atoms with Gasteiger partial charge in [-0.1, -0.05) is 0 Å². The molecule has 0 amide bonds. The molecule has 140 valence electrons. The van der Waals surface area contributed by atoms with Gasteiger partial charge in [0.2, 0.25) is 0 Å². The van der Waals surface area contributed by atoms with Gasteiger partial charge in [-0.3, -0.25) is 0 Å². The van der Waals surface area contributed by atoms with Crippen LogP contribution in [0.2, 0.25) is 0 Å². The number of hydrogen-bond donors (Lipinski definition) is 0. The Morgan fingerprint density at radius 2 is 1.80 bits per heavy atom. The summed E-state index contributed by atoms with van der Waals surface area (Å²) in [5.74, 6) is -0.692. The zero-order valence-corrected chi connectivity index (χ0v) is 14.2. The van der Waals surface area contributed by atoms with Crippen LogP contribution in [-0.4, -0.2) is 39.7 Å². The molecule has 0 aromatic heterocycles. The Labute approximate surface area is 143 Å². The fourth-order valence-electron chi connectivity index (χ4n) is 3.58. The largest absolute Gasteiger partial charge is 0.501 e. The molecule has 1 aromatic carbocycles. The van der Waals surface area contributed by atoms with Crippen LogP contribution < -0.4 is 4.90 Å². The van der Waals surface area contributed by atoms with Crippen LogP contribution in [0.15, 0.2) is 23.1 Å². The highest BCUT2D eigenvalue weighted by atomic mass is 32.2. The molecule has 4 nitrogen and oxygen atoms in total. The average molecular weight is 381 g/mol. The van der Waals surface area contributed by atoms with Crippen molar-refractivity contribution in [3.05, 3.63) is 24.0 Å². The summed E-state index contributed by atoms with van der Waals surface area (Å²) in [7, 11) is -5.61. The van der Waals surface area contributed by atoms with Gasteiger partial charge in [0.1, 0.15) is 10.7 Å². The maximum Gasteiger partial charge on any atom is 0.501 e. The predicted molar refractivity (Wildman–Crippen MR) is 83.6 cm³/mol. The number of rotatable bonds is 3. The smallest absolute Gasteiger partial charge is 0.378 e. The van der Waals surface area contributed by atoms with E-state index < -0.39 is 26.1 Å². The SMILES string of the molecule is O=S(=O)(c1cc(F)ccc1N1CCC(C2CCCO2)CC1)C(F)(F)F. The molecule has 2 aliphatic rings. The number of benzene rings is 1. The topological polar surface area (TPSA) is 46.6 Å². The molecule has 0 saturated carbocycles. The molecule has 0 aliphatic carbocycles. The van der Waals surface area contributed by atoms with Crippen molar-refractivity contribution in [3.8, 4) is 0 Å². The number of hydrogen-bond acceptors (Lipinski definition) is 4. The van der Waals surface area contributed by atoms with E-state index in [1.54, 1.807) is 4.90 Å². The van der Waals surface area contributed by atoms with Crippen molar-refractivity contribution >= 4 is 15.5 Å². The van der Waals surface area contributed by atoms with Crippen molar-refractivity contribution in [2.24, 2.45) is 5.92 Å². The van der Waals surface area contributed by atoms with Gasteiger partial charge in [-0.15, -0.1) is 0 Å². The van der Waals surface area contributed by atoms with E-state index in [0.717, 1.165) is 31.6 Å².